The number of aromatic nitrogens is 2. The first kappa shape index (κ1) is 21.4. The van der Waals surface area contributed by atoms with Gasteiger partial charge in [0.1, 0.15) is 0 Å². The molecule has 1 heterocycles. The van der Waals surface area contributed by atoms with Crippen molar-refractivity contribution in [2.24, 2.45) is 11.8 Å². The van der Waals surface area contributed by atoms with Crippen LogP contribution in [-0.2, 0) is 6.42 Å². The van der Waals surface area contributed by atoms with Gasteiger partial charge in [-0.15, -0.1) is 0 Å². The SMILES string of the molecule is Cc1cccc(C(=O)c2noc(CC3CCC(C(c4ccccc4)N(C)C)CC3)n2)c1. The first-order valence-corrected chi connectivity index (χ1v) is 11.2. The van der Waals surface area contributed by atoms with E-state index in [1.54, 1.807) is 6.07 Å². The van der Waals surface area contributed by atoms with Crippen LogP contribution in [0.3, 0.4) is 0 Å². The lowest BCUT2D eigenvalue weighted by Crippen LogP contribution is -2.30. The summed E-state index contributed by atoms with van der Waals surface area (Å²) in [5.41, 5.74) is 3.04. The normalized spacial score (nSPS) is 20.0. The van der Waals surface area contributed by atoms with Crippen LogP contribution in [0.4, 0.5) is 0 Å². The van der Waals surface area contributed by atoms with Crippen molar-refractivity contribution in [3.63, 3.8) is 0 Å². The van der Waals surface area contributed by atoms with Crippen LogP contribution in [0.5, 0.6) is 0 Å². The second kappa shape index (κ2) is 9.56. The van der Waals surface area contributed by atoms with Crippen molar-refractivity contribution in [2.75, 3.05) is 14.1 Å². The summed E-state index contributed by atoms with van der Waals surface area (Å²) in [5.74, 6) is 1.73. The van der Waals surface area contributed by atoms with E-state index in [9.17, 15) is 4.79 Å². The van der Waals surface area contributed by atoms with Crippen LogP contribution in [0.15, 0.2) is 59.1 Å². The molecule has 0 spiro atoms. The Bertz CT molecular complexity index is 1000. The molecular formula is C26H31N3O2. The van der Waals surface area contributed by atoms with E-state index in [1.807, 2.05) is 25.1 Å². The molecule has 1 atom stereocenters. The Balaban J connectivity index is 1.36. The minimum atomic E-state index is -0.181. The minimum Gasteiger partial charge on any atom is -0.339 e. The highest BCUT2D eigenvalue weighted by Crippen LogP contribution is 2.40. The summed E-state index contributed by atoms with van der Waals surface area (Å²) in [6.45, 7) is 1.97. The molecule has 1 aliphatic carbocycles. The van der Waals surface area contributed by atoms with Gasteiger partial charge < -0.3 is 9.42 Å². The molecule has 4 rings (SSSR count). The minimum absolute atomic E-state index is 0.158. The molecule has 2 aromatic carbocycles. The van der Waals surface area contributed by atoms with Crippen LogP contribution in [-0.4, -0.2) is 34.9 Å². The molecule has 162 valence electrons. The van der Waals surface area contributed by atoms with Crippen molar-refractivity contribution < 1.29 is 9.32 Å². The molecule has 5 heteroatoms. The van der Waals surface area contributed by atoms with E-state index in [0.717, 1.165) is 24.8 Å². The van der Waals surface area contributed by atoms with Crippen molar-refractivity contribution >= 4 is 5.78 Å². The Kier molecular flexibility index (Phi) is 6.62. The lowest BCUT2D eigenvalue weighted by Gasteiger charge is -2.37. The lowest BCUT2D eigenvalue weighted by molar-refractivity contribution is 0.102. The van der Waals surface area contributed by atoms with E-state index >= 15 is 0 Å². The molecule has 1 aliphatic rings. The van der Waals surface area contributed by atoms with E-state index < -0.39 is 0 Å². The van der Waals surface area contributed by atoms with Crippen LogP contribution < -0.4 is 0 Å². The van der Waals surface area contributed by atoms with Gasteiger partial charge in [-0.25, -0.2) is 0 Å². The molecule has 1 unspecified atom stereocenters. The monoisotopic (exact) mass is 417 g/mol. The standard InChI is InChI=1S/C26H31N3O2/c1-18-8-7-11-22(16-18)25(30)26-27-23(31-28-26)17-19-12-14-21(15-13-19)24(29(2)3)20-9-5-4-6-10-20/h4-11,16,19,21,24H,12-15,17H2,1-3H3. The second-order valence-electron chi connectivity index (χ2n) is 9.01. The number of hydrogen-bond acceptors (Lipinski definition) is 5. The maximum atomic E-state index is 12.6. The predicted molar refractivity (Wildman–Crippen MR) is 121 cm³/mol. The topological polar surface area (TPSA) is 59.2 Å². The lowest BCUT2D eigenvalue weighted by atomic mass is 9.75. The van der Waals surface area contributed by atoms with Crippen molar-refractivity contribution in [1.82, 2.24) is 15.0 Å². The van der Waals surface area contributed by atoms with Gasteiger partial charge >= 0.3 is 0 Å². The fourth-order valence-electron chi connectivity index (χ4n) is 4.94. The van der Waals surface area contributed by atoms with Gasteiger partial charge in [-0.1, -0.05) is 59.3 Å². The smallest absolute Gasteiger partial charge is 0.243 e. The van der Waals surface area contributed by atoms with Crippen molar-refractivity contribution in [3.05, 3.63) is 83.0 Å². The van der Waals surface area contributed by atoms with Crippen LogP contribution in [0.25, 0.3) is 0 Å². The number of carbonyl (C=O) groups is 1. The predicted octanol–water partition coefficient (Wildman–Crippen LogP) is 5.26. The fourth-order valence-corrected chi connectivity index (χ4v) is 4.94. The van der Waals surface area contributed by atoms with Crippen molar-refractivity contribution in [1.29, 1.82) is 0 Å². The van der Waals surface area contributed by atoms with Crippen LogP contribution in [0, 0.1) is 18.8 Å². The molecular weight excluding hydrogens is 386 g/mol. The van der Waals surface area contributed by atoms with Gasteiger partial charge in [0.2, 0.25) is 17.5 Å². The zero-order valence-corrected chi connectivity index (χ0v) is 18.6. The molecule has 3 aromatic rings. The number of aryl methyl sites for hydroxylation is 1. The number of rotatable bonds is 7. The summed E-state index contributed by atoms with van der Waals surface area (Å²) in [7, 11) is 4.35. The summed E-state index contributed by atoms with van der Waals surface area (Å²) >= 11 is 0. The third-order valence-electron chi connectivity index (χ3n) is 6.45. The highest BCUT2D eigenvalue weighted by Gasteiger charge is 2.31. The van der Waals surface area contributed by atoms with E-state index in [2.05, 4.69) is 59.5 Å². The van der Waals surface area contributed by atoms with E-state index in [-0.39, 0.29) is 11.6 Å². The number of benzene rings is 2. The zero-order chi connectivity index (χ0) is 21.8. The van der Waals surface area contributed by atoms with Gasteiger partial charge in [-0.05, 0) is 70.2 Å². The molecule has 1 aromatic heterocycles. The third kappa shape index (κ3) is 5.10. The molecule has 0 aliphatic heterocycles. The summed E-state index contributed by atoms with van der Waals surface area (Å²) in [5, 5.41) is 3.95. The highest BCUT2D eigenvalue weighted by molar-refractivity contribution is 6.06. The van der Waals surface area contributed by atoms with Gasteiger partial charge in [0, 0.05) is 18.0 Å². The Morgan fingerprint density at radius 1 is 1.06 bits per heavy atom. The summed E-state index contributed by atoms with van der Waals surface area (Å²) < 4.78 is 5.43. The second-order valence-corrected chi connectivity index (χ2v) is 9.01. The maximum Gasteiger partial charge on any atom is 0.243 e. The molecule has 0 saturated heterocycles. The van der Waals surface area contributed by atoms with Gasteiger partial charge in [-0.3, -0.25) is 4.79 Å². The molecule has 5 nitrogen and oxygen atoms in total. The maximum absolute atomic E-state index is 12.6. The first-order chi connectivity index (χ1) is 15.0. The van der Waals surface area contributed by atoms with Gasteiger partial charge in [0.05, 0.1) is 0 Å². The largest absolute Gasteiger partial charge is 0.339 e. The van der Waals surface area contributed by atoms with Gasteiger partial charge in [0.15, 0.2) is 0 Å². The number of carbonyl (C=O) groups excluding carboxylic acids is 1. The Labute approximate surface area is 184 Å². The van der Waals surface area contributed by atoms with Crippen molar-refractivity contribution in [2.45, 2.75) is 45.1 Å². The van der Waals surface area contributed by atoms with E-state index in [1.165, 1.54) is 18.4 Å². The zero-order valence-electron chi connectivity index (χ0n) is 18.6. The Morgan fingerprint density at radius 2 is 1.81 bits per heavy atom. The average Bonchev–Trinajstić information content (AvgIpc) is 3.23. The molecule has 31 heavy (non-hydrogen) atoms. The Hall–Kier alpha value is -2.79. The Morgan fingerprint density at radius 3 is 2.48 bits per heavy atom. The molecule has 1 saturated carbocycles. The van der Waals surface area contributed by atoms with Crippen LogP contribution in [0.2, 0.25) is 0 Å². The summed E-state index contributed by atoms with van der Waals surface area (Å²) in [6, 6.07) is 18.7. The average molecular weight is 418 g/mol. The van der Waals surface area contributed by atoms with Gasteiger partial charge in [-0.2, -0.15) is 4.98 Å². The van der Waals surface area contributed by atoms with E-state index in [4.69, 9.17) is 4.52 Å². The molecule has 0 N–H and O–H groups in total. The molecule has 0 bridgehead atoms. The van der Waals surface area contributed by atoms with E-state index in [0.29, 0.717) is 29.3 Å². The van der Waals surface area contributed by atoms with Crippen molar-refractivity contribution in [3.8, 4) is 0 Å². The highest BCUT2D eigenvalue weighted by atomic mass is 16.5. The quantitative estimate of drug-likeness (QED) is 0.491. The fraction of sp³-hybridized carbons (Fsp3) is 0.423. The van der Waals surface area contributed by atoms with Gasteiger partial charge in [0.25, 0.3) is 0 Å². The number of nitrogens with zero attached hydrogens (tertiary/aromatic N) is 3. The third-order valence-corrected chi connectivity index (χ3v) is 6.45. The number of ketones is 1. The van der Waals surface area contributed by atoms with Crippen LogP contribution in [0.1, 0.15) is 64.9 Å². The number of hydrogen-bond donors (Lipinski definition) is 0. The molecule has 0 radical (unpaired) electrons. The summed E-state index contributed by atoms with van der Waals surface area (Å²) in [6.07, 6.45) is 5.41. The molecule has 1 fully saturated rings. The summed E-state index contributed by atoms with van der Waals surface area (Å²) in [4.78, 5) is 19.4. The van der Waals surface area contributed by atoms with Crippen LogP contribution >= 0.6 is 0 Å². The molecule has 0 amide bonds. The first-order valence-electron chi connectivity index (χ1n) is 11.2.